The average Bonchev–Trinajstić information content (AvgIpc) is 3.20. The normalized spacial score (nSPS) is 17.5. The minimum absolute atomic E-state index is 0.0158. The van der Waals surface area contributed by atoms with Crippen molar-refractivity contribution < 1.29 is 44.1 Å². The lowest BCUT2D eigenvalue weighted by Crippen LogP contribution is -2.52. The topological polar surface area (TPSA) is 194 Å². The van der Waals surface area contributed by atoms with Gasteiger partial charge in [0.05, 0.1) is 13.0 Å². The Labute approximate surface area is 258 Å². The fraction of sp³-hybridized carbons (Fsp3) is 0.250. The lowest BCUT2D eigenvalue weighted by molar-refractivity contribution is -0.144. The molecule has 45 heavy (non-hydrogen) atoms. The van der Waals surface area contributed by atoms with E-state index in [2.05, 4.69) is 10.6 Å². The molecule has 5 N–H and O–H groups in total. The third kappa shape index (κ3) is 7.16. The van der Waals surface area contributed by atoms with Crippen LogP contribution in [0, 0.1) is 0 Å². The Bertz CT molecular complexity index is 1580. The number of nitrogens with zero attached hydrogens (tertiary/aromatic N) is 2. The minimum Gasteiger partial charge on any atom is -0.481 e. The summed E-state index contributed by atoms with van der Waals surface area (Å²) in [5.41, 5.74) is 0.402. The predicted octanol–water partition coefficient (Wildman–Crippen LogP) is 1.76. The smallest absolute Gasteiger partial charge is 0.330 e. The summed E-state index contributed by atoms with van der Waals surface area (Å²) in [5, 5.41) is 33.0. The molecule has 1 fully saturated rings. The van der Waals surface area contributed by atoms with Crippen LogP contribution in [0.15, 0.2) is 84.9 Å². The number of aliphatic carboxylic acids is 2. The number of nitrogens with one attached hydrogen (secondary N) is 2. The van der Waals surface area contributed by atoms with Gasteiger partial charge in [-0.2, -0.15) is 0 Å². The Hall–Kier alpha value is -5.56. The van der Waals surface area contributed by atoms with Crippen molar-refractivity contribution in [2.75, 3.05) is 6.54 Å². The van der Waals surface area contributed by atoms with Crippen molar-refractivity contribution in [3.05, 3.63) is 107 Å². The number of aliphatic hydroxyl groups excluding tert-OH is 1. The average molecular weight is 617 g/mol. The molecular weight excluding hydrogens is 584 g/mol. The highest BCUT2D eigenvalue weighted by Gasteiger charge is 2.55. The van der Waals surface area contributed by atoms with Gasteiger partial charge in [-0.3, -0.25) is 24.1 Å². The van der Waals surface area contributed by atoms with Gasteiger partial charge in [-0.1, -0.05) is 84.9 Å². The number of hydrogen-bond acceptors (Lipinski definition) is 7. The predicted molar refractivity (Wildman–Crippen MR) is 158 cm³/mol. The van der Waals surface area contributed by atoms with Gasteiger partial charge in [-0.15, -0.1) is 0 Å². The SMILES string of the molecule is CC1(c2ccc(CO)cc2)C(=O)N(CC(=O)NC(CC(=O)O)C(=O)NC(C(=O)O)c2ccccc2)C(=O)N1Cc1ccccc1. The van der Waals surface area contributed by atoms with Crippen molar-refractivity contribution in [3.8, 4) is 0 Å². The molecule has 1 aliphatic rings. The maximum Gasteiger partial charge on any atom is 0.330 e. The number of rotatable bonds is 13. The fourth-order valence-electron chi connectivity index (χ4n) is 5.09. The van der Waals surface area contributed by atoms with Crippen LogP contribution in [0.1, 0.15) is 41.6 Å². The Balaban J connectivity index is 1.57. The molecule has 3 atom stereocenters. The van der Waals surface area contributed by atoms with Gasteiger partial charge in [0.1, 0.15) is 18.1 Å². The molecule has 3 aromatic rings. The second kappa shape index (κ2) is 13.8. The third-order valence-corrected chi connectivity index (χ3v) is 7.54. The lowest BCUT2D eigenvalue weighted by Gasteiger charge is -2.32. The van der Waals surface area contributed by atoms with Crippen LogP contribution in [0.2, 0.25) is 0 Å². The molecule has 0 saturated carbocycles. The van der Waals surface area contributed by atoms with Crippen molar-refractivity contribution in [1.82, 2.24) is 20.4 Å². The van der Waals surface area contributed by atoms with Crippen LogP contribution in [0.4, 0.5) is 4.79 Å². The van der Waals surface area contributed by atoms with Gasteiger partial charge in [0.25, 0.3) is 5.91 Å². The van der Waals surface area contributed by atoms with Crippen molar-refractivity contribution >= 4 is 35.7 Å². The highest BCUT2D eigenvalue weighted by molar-refractivity contribution is 6.09. The van der Waals surface area contributed by atoms with Gasteiger partial charge in [0, 0.05) is 6.54 Å². The van der Waals surface area contributed by atoms with Crippen molar-refractivity contribution in [2.45, 2.75) is 44.1 Å². The molecule has 4 rings (SSSR count). The van der Waals surface area contributed by atoms with E-state index in [1.54, 1.807) is 79.7 Å². The summed E-state index contributed by atoms with van der Waals surface area (Å²) in [6.07, 6.45) is -0.893. The van der Waals surface area contributed by atoms with E-state index in [0.717, 1.165) is 4.90 Å². The zero-order chi connectivity index (χ0) is 32.7. The van der Waals surface area contributed by atoms with Crippen LogP contribution in [-0.2, 0) is 42.7 Å². The van der Waals surface area contributed by atoms with E-state index in [-0.39, 0.29) is 18.7 Å². The van der Waals surface area contributed by atoms with Gasteiger partial charge < -0.3 is 30.9 Å². The summed E-state index contributed by atoms with van der Waals surface area (Å²) in [6, 6.07) is 19.0. The van der Waals surface area contributed by atoms with Crippen LogP contribution < -0.4 is 10.6 Å². The molecule has 0 bridgehead atoms. The number of aliphatic hydroxyl groups is 1. The summed E-state index contributed by atoms with van der Waals surface area (Å²) in [6.45, 7) is 0.492. The van der Waals surface area contributed by atoms with Gasteiger partial charge >= 0.3 is 18.0 Å². The summed E-state index contributed by atoms with van der Waals surface area (Å²) in [5.74, 6) is -5.69. The molecule has 0 aromatic heterocycles. The number of carboxylic acid groups (broad SMARTS) is 2. The quantitative estimate of drug-likeness (QED) is 0.178. The highest BCUT2D eigenvalue weighted by Crippen LogP contribution is 2.38. The fourth-order valence-corrected chi connectivity index (χ4v) is 5.09. The Kier molecular flexibility index (Phi) is 9.94. The monoisotopic (exact) mass is 616 g/mol. The van der Waals surface area contributed by atoms with E-state index in [4.69, 9.17) is 0 Å². The Morgan fingerprint density at radius 3 is 1.98 bits per heavy atom. The van der Waals surface area contributed by atoms with Gasteiger partial charge in [0.15, 0.2) is 6.04 Å². The molecule has 1 heterocycles. The molecule has 0 spiro atoms. The zero-order valence-corrected chi connectivity index (χ0v) is 24.3. The van der Waals surface area contributed by atoms with E-state index >= 15 is 0 Å². The molecule has 1 saturated heterocycles. The first-order valence-corrected chi connectivity index (χ1v) is 13.9. The number of carboxylic acids is 2. The molecular formula is C32H32N4O9. The molecule has 3 unspecified atom stereocenters. The number of carbonyl (C=O) groups is 6. The number of carbonyl (C=O) groups excluding carboxylic acids is 4. The van der Waals surface area contributed by atoms with Gasteiger partial charge in [-0.05, 0) is 29.2 Å². The van der Waals surface area contributed by atoms with Crippen molar-refractivity contribution in [1.29, 1.82) is 0 Å². The van der Waals surface area contributed by atoms with Crippen LogP contribution in [0.3, 0.4) is 0 Å². The number of benzene rings is 3. The maximum absolute atomic E-state index is 13.9. The largest absolute Gasteiger partial charge is 0.481 e. The van der Waals surface area contributed by atoms with E-state index in [1.165, 1.54) is 17.0 Å². The number of urea groups is 1. The van der Waals surface area contributed by atoms with Crippen molar-refractivity contribution in [3.63, 3.8) is 0 Å². The highest BCUT2D eigenvalue weighted by atomic mass is 16.4. The summed E-state index contributed by atoms with van der Waals surface area (Å²) in [4.78, 5) is 79.3. The Morgan fingerprint density at radius 2 is 1.42 bits per heavy atom. The second-order valence-electron chi connectivity index (χ2n) is 10.6. The van der Waals surface area contributed by atoms with Gasteiger partial charge in [0.2, 0.25) is 11.8 Å². The summed E-state index contributed by atoms with van der Waals surface area (Å²) < 4.78 is 0. The van der Waals surface area contributed by atoms with Crippen LogP contribution >= 0.6 is 0 Å². The summed E-state index contributed by atoms with van der Waals surface area (Å²) in [7, 11) is 0. The zero-order valence-electron chi connectivity index (χ0n) is 24.3. The molecule has 0 radical (unpaired) electrons. The first-order valence-electron chi connectivity index (χ1n) is 13.9. The van der Waals surface area contributed by atoms with E-state index in [1.807, 2.05) is 0 Å². The third-order valence-electron chi connectivity index (χ3n) is 7.54. The molecule has 13 heteroatoms. The molecule has 13 nitrogen and oxygen atoms in total. The summed E-state index contributed by atoms with van der Waals surface area (Å²) >= 11 is 0. The van der Waals surface area contributed by atoms with Crippen LogP contribution in [0.5, 0.6) is 0 Å². The van der Waals surface area contributed by atoms with Crippen molar-refractivity contribution in [2.24, 2.45) is 0 Å². The molecule has 0 aliphatic carbocycles. The first-order chi connectivity index (χ1) is 21.4. The molecule has 5 amide bonds. The van der Waals surface area contributed by atoms with E-state index in [0.29, 0.717) is 16.7 Å². The second-order valence-corrected chi connectivity index (χ2v) is 10.6. The number of imide groups is 1. The van der Waals surface area contributed by atoms with E-state index in [9.17, 15) is 44.1 Å². The van der Waals surface area contributed by atoms with Crippen LogP contribution in [0.25, 0.3) is 0 Å². The van der Waals surface area contributed by atoms with E-state index < -0.39 is 66.3 Å². The Morgan fingerprint density at radius 1 is 0.822 bits per heavy atom. The number of hydrogen-bond donors (Lipinski definition) is 5. The minimum atomic E-state index is -1.72. The first kappa shape index (κ1) is 32.4. The maximum atomic E-state index is 13.9. The van der Waals surface area contributed by atoms with Gasteiger partial charge in [-0.25, -0.2) is 9.59 Å². The molecule has 1 aliphatic heterocycles. The number of amides is 5. The lowest BCUT2D eigenvalue weighted by atomic mass is 9.89. The van der Waals surface area contributed by atoms with Crippen LogP contribution in [-0.4, -0.2) is 73.4 Å². The molecule has 3 aromatic carbocycles. The standard InChI is InChI=1S/C32H32N4O9/c1-32(23-14-12-21(19-37)13-15-23)30(44)35(31(45)36(32)17-20-8-4-2-5-9-20)18-25(38)33-24(16-26(39)40)28(41)34-27(29(42)43)22-10-6-3-7-11-22/h2-15,24,27,37H,16-19H2,1H3,(H,33,38)(H,34,41)(H,39,40)(H,42,43). The molecule has 234 valence electrons.